The standard InChI is InChI=1S/C15H14ClNO3S/c1-9-3-4-11(7-10(9)2)17-14(18)8-20-15(19)12-5-6-13(16)21-12/h3-7H,8H2,1-2H3,(H,17,18). The number of benzene rings is 1. The largest absolute Gasteiger partial charge is 0.451 e. The van der Waals surface area contributed by atoms with E-state index in [0.717, 1.165) is 22.5 Å². The average molecular weight is 324 g/mol. The molecule has 1 aromatic carbocycles. The maximum Gasteiger partial charge on any atom is 0.348 e. The van der Waals surface area contributed by atoms with Gasteiger partial charge in [-0.2, -0.15) is 0 Å². The first-order valence-electron chi connectivity index (χ1n) is 6.25. The van der Waals surface area contributed by atoms with Crippen molar-refractivity contribution in [2.45, 2.75) is 13.8 Å². The number of anilines is 1. The lowest BCUT2D eigenvalue weighted by molar-refractivity contribution is -0.119. The molecule has 1 heterocycles. The number of ether oxygens (including phenoxy) is 1. The molecule has 110 valence electrons. The molecule has 0 aliphatic heterocycles. The van der Waals surface area contributed by atoms with Crippen molar-refractivity contribution in [2.24, 2.45) is 0 Å². The summed E-state index contributed by atoms with van der Waals surface area (Å²) >= 11 is 6.85. The van der Waals surface area contributed by atoms with Crippen molar-refractivity contribution in [3.05, 3.63) is 50.7 Å². The van der Waals surface area contributed by atoms with Crippen LogP contribution in [0.4, 0.5) is 5.69 Å². The molecule has 2 rings (SSSR count). The second kappa shape index (κ2) is 6.74. The maximum absolute atomic E-state index is 11.7. The van der Waals surface area contributed by atoms with E-state index in [1.165, 1.54) is 0 Å². The summed E-state index contributed by atoms with van der Waals surface area (Å²) in [6.45, 7) is 3.63. The topological polar surface area (TPSA) is 55.4 Å². The Morgan fingerprint density at radius 1 is 1.19 bits per heavy atom. The Labute approximate surface area is 131 Å². The summed E-state index contributed by atoms with van der Waals surface area (Å²) in [5.41, 5.74) is 2.91. The van der Waals surface area contributed by atoms with E-state index in [4.69, 9.17) is 16.3 Å². The van der Waals surface area contributed by atoms with E-state index in [9.17, 15) is 9.59 Å². The number of esters is 1. The number of hydrogen-bond donors (Lipinski definition) is 1. The fraction of sp³-hybridized carbons (Fsp3) is 0.200. The molecule has 1 N–H and O–H groups in total. The first-order valence-corrected chi connectivity index (χ1v) is 7.45. The van der Waals surface area contributed by atoms with Crippen LogP contribution in [-0.2, 0) is 9.53 Å². The molecule has 0 unspecified atom stereocenters. The van der Waals surface area contributed by atoms with Crippen LogP contribution in [0.15, 0.2) is 30.3 Å². The molecule has 1 aromatic heterocycles. The number of aryl methyl sites for hydroxylation is 2. The van der Waals surface area contributed by atoms with Crippen LogP contribution in [0.5, 0.6) is 0 Å². The van der Waals surface area contributed by atoms with Crippen LogP contribution >= 0.6 is 22.9 Å². The first kappa shape index (κ1) is 15.5. The minimum atomic E-state index is -0.554. The number of thiophene rings is 1. The molecule has 0 aliphatic rings. The van der Waals surface area contributed by atoms with Crippen LogP contribution < -0.4 is 5.32 Å². The third-order valence-corrected chi connectivity index (χ3v) is 4.11. The van der Waals surface area contributed by atoms with Gasteiger partial charge in [0.05, 0.1) is 4.34 Å². The Kier molecular flexibility index (Phi) is 4.98. The molecule has 6 heteroatoms. The number of rotatable bonds is 4. The Morgan fingerprint density at radius 3 is 2.57 bits per heavy atom. The first-order chi connectivity index (χ1) is 9.95. The van der Waals surface area contributed by atoms with Crippen molar-refractivity contribution in [2.75, 3.05) is 11.9 Å². The second-order valence-corrected chi connectivity index (χ2v) is 6.24. The van der Waals surface area contributed by atoms with Crippen LogP contribution in [0.2, 0.25) is 4.34 Å². The van der Waals surface area contributed by atoms with Crippen molar-refractivity contribution in [1.29, 1.82) is 0 Å². The maximum atomic E-state index is 11.7. The lowest BCUT2D eigenvalue weighted by atomic mass is 10.1. The number of carbonyl (C=O) groups excluding carboxylic acids is 2. The molecule has 0 atom stereocenters. The van der Waals surface area contributed by atoms with Gasteiger partial charge >= 0.3 is 5.97 Å². The van der Waals surface area contributed by atoms with Gasteiger partial charge in [0.25, 0.3) is 5.91 Å². The molecule has 0 fully saturated rings. The van der Waals surface area contributed by atoms with Gasteiger partial charge in [0.1, 0.15) is 4.88 Å². The van der Waals surface area contributed by atoms with Crippen LogP contribution in [0, 0.1) is 13.8 Å². The Bertz CT molecular complexity index is 681. The van der Waals surface area contributed by atoms with E-state index in [2.05, 4.69) is 5.32 Å². The molecule has 0 aliphatic carbocycles. The fourth-order valence-corrected chi connectivity index (χ4v) is 2.58. The zero-order chi connectivity index (χ0) is 15.4. The molecular weight excluding hydrogens is 310 g/mol. The minimum absolute atomic E-state index is 0.332. The van der Waals surface area contributed by atoms with E-state index in [0.29, 0.717) is 14.9 Å². The van der Waals surface area contributed by atoms with Crippen molar-refractivity contribution >= 4 is 40.5 Å². The van der Waals surface area contributed by atoms with Gasteiger partial charge in [-0.25, -0.2) is 4.79 Å². The molecule has 21 heavy (non-hydrogen) atoms. The van der Waals surface area contributed by atoms with Crippen molar-refractivity contribution in [3.63, 3.8) is 0 Å². The van der Waals surface area contributed by atoms with Gasteiger partial charge in [-0.1, -0.05) is 17.7 Å². The Hall–Kier alpha value is -1.85. The summed E-state index contributed by atoms with van der Waals surface area (Å²) in [7, 11) is 0. The van der Waals surface area contributed by atoms with Crippen molar-refractivity contribution in [3.8, 4) is 0 Å². The highest BCUT2D eigenvalue weighted by Crippen LogP contribution is 2.22. The smallest absolute Gasteiger partial charge is 0.348 e. The fourth-order valence-electron chi connectivity index (χ4n) is 1.64. The number of amides is 1. The van der Waals surface area contributed by atoms with Crippen LogP contribution in [-0.4, -0.2) is 18.5 Å². The van der Waals surface area contributed by atoms with Crippen LogP contribution in [0.3, 0.4) is 0 Å². The van der Waals surface area contributed by atoms with E-state index in [1.807, 2.05) is 26.0 Å². The summed E-state index contributed by atoms with van der Waals surface area (Å²) in [6, 6.07) is 8.77. The zero-order valence-corrected chi connectivity index (χ0v) is 13.2. The van der Waals surface area contributed by atoms with Crippen molar-refractivity contribution < 1.29 is 14.3 Å². The van der Waals surface area contributed by atoms with Gasteiger partial charge in [0.2, 0.25) is 0 Å². The predicted molar refractivity (Wildman–Crippen MR) is 84.2 cm³/mol. The summed E-state index contributed by atoms with van der Waals surface area (Å²) in [6.07, 6.45) is 0. The lowest BCUT2D eigenvalue weighted by Gasteiger charge is -2.08. The molecule has 2 aromatic rings. The molecule has 4 nitrogen and oxygen atoms in total. The van der Waals surface area contributed by atoms with Crippen LogP contribution in [0.1, 0.15) is 20.8 Å². The van der Waals surface area contributed by atoms with Gasteiger partial charge in [-0.3, -0.25) is 4.79 Å². The van der Waals surface area contributed by atoms with Gasteiger partial charge in [-0.05, 0) is 49.2 Å². The Balaban J connectivity index is 1.87. The normalized spacial score (nSPS) is 10.2. The SMILES string of the molecule is Cc1ccc(NC(=O)COC(=O)c2ccc(Cl)s2)cc1C. The molecule has 0 saturated carbocycles. The molecule has 0 spiro atoms. The Morgan fingerprint density at radius 2 is 1.95 bits per heavy atom. The summed E-state index contributed by atoms with van der Waals surface area (Å²) in [5.74, 6) is -0.934. The van der Waals surface area contributed by atoms with E-state index in [1.54, 1.807) is 18.2 Å². The summed E-state index contributed by atoms with van der Waals surface area (Å²) in [4.78, 5) is 23.8. The number of carbonyl (C=O) groups is 2. The quantitative estimate of drug-likeness (QED) is 0.870. The zero-order valence-electron chi connectivity index (χ0n) is 11.6. The minimum Gasteiger partial charge on any atom is -0.451 e. The highest BCUT2D eigenvalue weighted by molar-refractivity contribution is 7.17. The van der Waals surface area contributed by atoms with Gasteiger partial charge in [0, 0.05) is 5.69 Å². The highest BCUT2D eigenvalue weighted by atomic mass is 35.5. The number of halogens is 1. The number of hydrogen-bond acceptors (Lipinski definition) is 4. The van der Waals surface area contributed by atoms with E-state index >= 15 is 0 Å². The van der Waals surface area contributed by atoms with E-state index in [-0.39, 0.29) is 12.5 Å². The average Bonchev–Trinajstić information content (AvgIpc) is 2.87. The van der Waals surface area contributed by atoms with Gasteiger partial charge in [0.15, 0.2) is 6.61 Å². The third kappa shape index (κ3) is 4.31. The van der Waals surface area contributed by atoms with Gasteiger partial charge < -0.3 is 10.1 Å². The van der Waals surface area contributed by atoms with Gasteiger partial charge in [-0.15, -0.1) is 11.3 Å². The second-order valence-electron chi connectivity index (χ2n) is 4.53. The van der Waals surface area contributed by atoms with Crippen molar-refractivity contribution in [1.82, 2.24) is 0 Å². The summed E-state index contributed by atoms with van der Waals surface area (Å²) in [5, 5.41) is 2.68. The van der Waals surface area contributed by atoms with Crippen LogP contribution in [0.25, 0.3) is 0 Å². The molecule has 0 radical (unpaired) electrons. The highest BCUT2D eigenvalue weighted by Gasteiger charge is 2.12. The van der Waals surface area contributed by atoms with E-state index < -0.39 is 5.97 Å². The monoisotopic (exact) mass is 323 g/mol. The molecule has 0 saturated heterocycles. The number of nitrogens with one attached hydrogen (secondary N) is 1. The third-order valence-electron chi connectivity index (χ3n) is 2.90. The summed E-state index contributed by atoms with van der Waals surface area (Å²) < 4.78 is 5.43. The predicted octanol–water partition coefficient (Wildman–Crippen LogP) is 3.81. The molecular formula is C15H14ClNO3S. The molecule has 0 bridgehead atoms. The lowest BCUT2D eigenvalue weighted by Crippen LogP contribution is -2.20. The molecule has 1 amide bonds.